The molecule has 1 aliphatic rings. The van der Waals surface area contributed by atoms with Crippen molar-refractivity contribution >= 4 is 27.8 Å². The second-order valence-electron chi connectivity index (χ2n) is 4.64. The van der Waals surface area contributed by atoms with Gasteiger partial charge >= 0.3 is 0 Å². The van der Waals surface area contributed by atoms with E-state index >= 15 is 0 Å². The number of nitrogens with two attached hydrogens (primary N) is 1. The van der Waals surface area contributed by atoms with E-state index in [1.165, 1.54) is 18.3 Å². The minimum atomic E-state index is -0.0921. The summed E-state index contributed by atoms with van der Waals surface area (Å²) in [6.45, 7) is 3.08. The Morgan fingerprint density at radius 2 is 2.37 bits per heavy atom. The molecule has 1 saturated heterocycles. The number of carbonyl (C=O) groups is 1. The first-order chi connectivity index (χ1) is 9.08. The van der Waals surface area contributed by atoms with Crippen LogP contribution in [0.3, 0.4) is 0 Å². The Labute approximate surface area is 116 Å². The first-order valence-electron chi connectivity index (χ1n) is 6.19. The normalized spacial score (nSPS) is 19.2. The van der Waals surface area contributed by atoms with E-state index in [9.17, 15) is 10.1 Å². The number of carbonyl (C=O) groups excluding carboxylic acids is 1. The van der Waals surface area contributed by atoms with Crippen molar-refractivity contribution in [2.24, 2.45) is 0 Å². The molecule has 19 heavy (non-hydrogen) atoms. The number of ketones is 1. The molecule has 1 fully saturated rings. The van der Waals surface area contributed by atoms with Crippen molar-refractivity contribution in [1.29, 1.82) is 5.26 Å². The van der Waals surface area contributed by atoms with Gasteiger partial charge in [0.15, 0.2) is 5.78 Å². The summed E-state index contributed by atoms with van der Waals surface area (Å²) in [5, 5.41) is 10.1. The van der Waals surface area contributed by atoms with Crippen molar-refractivity contribution in [3.8, 4) is 6.07 Å². The lowest BCUT2D eigenvalue weighted by molar-refractivity contribution is 0.0895. The summed E-state index contributed by atoms with van der Waals surface area (Å²) in [5.74, 6) is -0.0921. The van der Waals surface area contributed by atoms with Crippen LogP contribution in [0.25, 0.3) is 0 Å². The largest absolute Gasteiger partial charge is 0.396 e. The van der Waals surface area contributed by atoms with Gasteiger partial charge in [-0.05, 0) is 12.8 Å². The van der Waals surface area contributed by atoms with Gasteiger partial charge in [-0.1, -0.05) is 0 Å². The predicted octanol–water partition coefficient (Wildman–Crippen LogP) is 2.02. The van der Waals surface area contributed by atoms with Crippen LogP contribution >= 0.6 is 11.3 Å². The second-order valence-corrected chi connectivity index (χ2v) is 5.64. The fourth-order valence-corrected chi connectivity index (χ4v) is 3.44. The molecule has 2 N–H and O–H groups in total. The van der Waals surface area contributed by atoms with Gasteiger partial charge in [0.2, 0.25) is 0 Å². The number of Topliss-reactive ketones (excluding diaryl/α,β-unsaturated/α-hetero) is 1. The molecule has 1 atom stereocenters. The van der Waals surface area contributed by atoms with Gasteiger partial charge in [-0.25, -0.2) is 0 Å². The Bertz CT molecular complexity index is 533. The number of anilines is 2. The van der Waals surface area contributed by atoms with Gasteiger partial charge in [0, 0.05) is 27.1 Å². The number of piperidine rings is 1. The Balaban J connectivity index is 2.36. The number of nitrogens with zero attached hydrogens (tertiary/aromatic N) is 2. The van der Waals surface area contributed by atoms with Crippen LogP contribution in [0.2, 0.25) is 0 Å². The number of methoxy groups -OCH3 is 1. The molecule has 0 saturated carbocycles. The van der Waals surface area contributed by atoms with Gasteiger partial charge in [-0.3, -0.25) is 4.79 Å². The third-order valence-electron chi connectivity index (χ3n) is 3.36. The van der Waals surface area contributed by atoms with E-state index in [1.807, 2.05) is 0 Å². The Hall–Kier alpha value is -1.58. The molecule has 1 unspecified atom stereocenters. The molecule has 5 nitrogen and oxygen atoms in total. The van der Waals surface area contributed by atoms with Gasteiger partial charge in [-0.2, -0.15) is 5.26 Å². The number of rotatable bonds is 3. The van der Waals surface area contributed by atoms with Crippen LogP contribution < -0.4 is 10.6 Å². The topological polar surface area (TPSA) is 79.3 Å². The number of nitriles is 1. The number of hydrogen-bond donors (Lipinski definition) is 1. The van der Waals surface area contributed by atoms with Gasteiger partial charge in [0.1, 0.15) is 16.6 Å². The van der Waals surface area contributed by atoms with E-state index in [-0.39, 0.29) is 11.9 Å². The molecular weight excluding hydrogens is 262 g/mol. The average molecular weight is 279 g/mol. The highest BCUT2D eigenvalue weighted by Crippen LogP contribution is 2.39. The zero-order valence-corrected chi connectivity index (χ0v) is 11.9. The summed E-state index contributed by atoms with van der Waals surface area (Å²) in [5.41, 5.74) is 6.64. The molecule has 2 rings (SSSR count). The van der Waals surface area contributed by atoms with Crippen molar-refractivity contribution in [1.82, 2.24) is 0 Å². The quantitative estimate of drug-likeness (QED) is 0.856. The van der Waals surface area contributed by atoms with E-state index in [0.29, 0.717) is 16.1 Å². The van der Waals surface area contributed by atoms with Gasteiger partial charge < -0.3 is 15.4 Å². The third kappa shape index (κ3) is 2.57. The molecule has 1 aromatic heterocycles. The molecule has 0 aromatic carbocycles. The van der Waals surface area contributed by atoms with Crippen LogP contribution in [0.5, 0.6) is 0 Å². The SMILES string of the molecule is COC1CCCN(c2sc(C(C)=O)c(N)c2C#N)C1. The lowest BCUT2D eigenvalue weighted by Gasteiger charge is -2.32. The van der Waals surface area contributed by atoms with Gasteiger partial charge in [0.05, 0.1) is 16.7 Å². The highest BCUT2D eigenvalue weighted by atomic mass is 32.1. The van der Waals surface area contributed by atoms with Crippen molar-refractivity contribution in [2.75, 3.05) is 30.8 Å². The molecule has 0 bridgehead atoms. The highest BCUT2D eigenvalue weighted by molar-refractivity contribution is 7.19. The standard InChI is InChI=1S/C13H17N3O2S/c1-8(17)12-11(15)10(6-14)13(19-12)16-5-3-4-9(7-16)18-2/h9H,3-5,7,15H2,1-2H3. The summed E-state index contributed by atoms with van der Waals surface area (Å²) < 4.78 is 5.38. The molecule has 1 aromatic rings. The first-order valence-corrected chi connectivity index (χ1v) is 7.01. The van der Waals surface area contributed by atoms with Crippen molar-refractivity contribution in [3.05, 3.63) is 10.4 Å². The number of nitrogen functional groups attached to an aromatic ring is 1. The predicted molar refractivity (Wildman–Crippen MR) is 75.7 cm³/mol. The van der Waals surface area contributed by atoms with E-state index in [0.717, 1.165) is 30.9 Å². The summed E-state index contributed by atoms with van der Waals surface area (Å²) in [4.78, 5) is 14.1. The van der Waals surface area contributed by atoms with Crippen molar-refractivity contribution < 1.29 is 9.53 Å². The molecule has 0 aliphatic carbocycles. The maximum absolute atomic E-state index is 11.5. The summed E-state index contributed by atoms with van der Waals surface area (Å²) in [7, 11) is 1.70. The zero-order chi connectivity index (χ0) is 14.0. The highest BCUT2D eigenvalue weighted by Gasteiger charge is 2.26. The zero-order valence-electron chi connectivity index (χ0n) is 11.1. The maximum atomic E-state index is 11.5. The third-order valence-corrected chi connectivity index (χ3v) is 4.72. The fraction of sp³-hybridized carbons (Fsp3) is 0.538. The Kier molecular flexibility index (Phi) is 4.08. The van der Waals surface area contributed by atoms with Gasteiger partial charge in [0.25, 0.3) is 0 Å². The van der Waals surface area contributed by atoms with Crippen LogP contribution in [0.1, 0.15) is 35.0 Å². The smallest absolute Gasteiger partial charge is 0.171 e. The van der Waals surface area contributed by atoms with Crippen LogP contribution in [0, 0.1) is 11.3 Å². The summed E-state index contributed by atoms with van der Waals surface area (Å²) in [6, 6.07) is 2.12. The van der Waals surface area contributed by atoms with Crippen LogP contribution in [-0.2, 0) is 4.74 Å². The second kappa shape index (κ2) is 5.59. The van der Waals surface area contributed by atoms with Crippen LogP contribution in [0.15, 0.2) is 0 Å². The molecule has 1 aliphatic heterocycles. The minimum absolute atomic E-state index is 0.0921. The van der Waals surface area contributed by atoms with Crippen molar-refractivity contribution in [2.45, 2.75) is 25.9 Å². The molecule has 2 heterocycles. The number of ether oxygens (including phenoxy) is 1. The Morgan fingerprint density at radius 3 is 2.95 bits per heavy atom. The van der Waals surface area contributed by atoms with E-state index in [1.54, 1.807) is 7.11 Å². The number of hydrogen-bond acceptors (Lipinski definition) is 6. The summed E-state index contributed by atoms with van der Waals surface area (Å²) >= 11 is 1.31. The van der Waals surface area contributed by atoms with E-state index in [4.69, 9.17) is 10.5 Å². The van der Waals surface area contributed by atoms with E-state index < -0.39 is 0 Å². The lowest BCUT2D eigenvalue weighted by atomic mass is 10.1. The minimum Gasteiger partial charge on any atom is -0.396 e. The lowest BCUT2D eigenvalue weighted by Crippen LogP contribution is -2.39. The fourth-order valence-electron chi connectivity index (χ4n) is 2.34. The monoisotopic (exact) mass is 279 g/mol. The van der Waals surface area contributed by atoms with Crippen molar-refractivity contribution in [3.63, 3.8) is 0 Å². The molecule has 102 valence electrons. The molecule has 0 radical (unpaired) electrons. The van der Waals surface area contributed by atoms with Crippen LogP contribution in [-0.4, -0.2) is 32.1 Å². The molecule has 0 amide bonds. The molecule has 0 spiro atoms. The average Bonchev–Trinajstić information content (AvgIpc) is 2.75. The first kappa shape index (κ1) is 13.8. The van der Waals surface area contributed by atoms with Crippen LogP contribution in [0.4, 0.5) is 10.7 Å². The number of thiophene rings is 1. The Morgan fingerprint density at radius 1 is 1.63 bits per heavy atom. The maximum Gasteiger partial charge on any atom is 0.171 e. The van der Waals surface area contributed by atoms with Gasteiger partial charge in [-0.15, -0.1) is 11.3 Å². The summed E-state index contributed by atoms with van der Waals surface area (Å²) in [6.07, 6.45) is 2.20. The van der Waals surface area contributed by atoms with E-state index in [2.05, 4.69) is 11.0 Å². The molecule has 6 heteroatoms. The molecular formula is C13H17N3O2S.